The van der Waals surface area contributed by atoms with Gasteiger partial charge in [0.05, 0.1) is 6.42 Å². The lowest BCUT2D eigenvalue weighted by Gasteiger charge is -1.99. The zero-order valence-corrected chi connectivity index (χ0v) is 5.53. The Hall–Kier alpha value is -1.19. The van der Waals surface area contributed by atoms with Crippen LogP contribution in [0.15, 0.2) is 0 Å². The lowest BCUT2D eigenvalue weighted by Crippen LogP contribution is -2.20. The molecule has 0 aliphatic heterocycles. The molecule has 0 saturated carbocycles. The number of Topliss-reactive ketones (excluding diaryl/α,β-unsaturated/α-hetero) is 1. The number of carbonyl (C=O) groups excluding carboxylic acids is 2. The molecule has 0 bridgehead atoms. The van der Waals surface area contributed by atoms with Crippen molar-refractivity contribution in [2.75, 3.05) is 0 Å². The topological polar surface area (TPSA) is 71.4 Å². The molecule has 4 heteroatoms. The molecular weight excluding hydrogens is 136 g/mol. The third-order valence-corrected chi connectivity index (χ3v) is 1.14. The molecule has 0 amide bonds. The van der Waals surface area contributed by atoms with Crippen LogP contribution in [0, 0.1) is 5.92 Å². The third kappa shape index (κ3) is 2.39. The molecule has 0 aliphatic rings. The zero-order valence-electron chi connectivity index (χ0n) is 5.53. The molecule has 0 fully saturated rings. The molecule has 0 rings (SSSR count). The van der Waals surface area contributed by atoms with Crippen LogP contribution < -0.4 is 0 Å². The summed E-state index contributed by atoms with van der Waals surface area (Å²) in [5.41, 5.74) is 0. The fourth-order valence-electron chi connectivity index (χ4n) is 0.397. The summed E-state index contributed by atoms with van der Waals surface area (Å²) in [6.07, 6.45) is 0.0925. The predicted octanol–water partition coefficient (Wildman–Crippen LogP) is -0.135. The van der Waals surface area contributed by atoms with Gasteiger partial charge in [-0.3, -0.25) is 9.59 Å². The van der Waals surface area contributed by atoms with E-state index in [2.05, 4.69) is 0 Å². The summed E-state index contributed by atoms with van der Waals surface area (Å²) in [5, 5.41) is 8.24. The monoisotopic (exact) mass is 144 g/mol. The van der Waals surface area contributed by atoms with Crippen LogP contribution in [-0.4, -0.2) is 23.1 Å². The minimum absolute atomic E-state index is 0.312. The van der Waals surface area contributed by atoms with Crippen molar-refractivity contribution in [3.8, 4) is 0 Å². The molecule has 1 atom stereocenters. The first-order valence-corrected chi connectivity index (χ1v) is 2.78. The molecule has 0 aromatic rings. The number of carbonyl (C=O) groups is 3. The Labute approximate surface area is 57.8 Å². The highest BCUT2D eigenvalue weighted by Gasteiger charge is 2.18. The second-order valence-corrected chi connectivity index (χ2v) is 1.90. The Balaban J connectivity index is 3.94. The summed E-state index contributed by atoms with van der Waals surface area (Å²) in [5.74, 6) is -2.81. The Morgan fingerprint density at radius 3 is 2.40 bits per heavy atom. The minimum atomic E-state index is -1.19. The van der Waals surface area contributed by atoms with Gasteiger partial charge in [0, 0.05) is 0 Å². The molecule has 1 unspecified atom stereocenters. The molecule has 0 heterocycles. The Bertz CT molecular complexity index is 161. The maximum atomic E-state index is 10.6. The molecule has 56 valence electrons. The molecular formula is C6H8O4. The number of hydrogen-bond donors (Lipinski definition) is 1. The summed E-state index contributed by atoms with van der Waals surface area (Å²) >= 11 is 0. The molecule has 1 N–H and O–H groups in total. The van der Waals surface area contributed by atoms with Gasteiger partial charge in [0.15, 0.2) is 5.78 Å². The van der Waals surface area contributed by atoms with E-state index < -0.39 is 17.7 Å². The summed E-state index contributed by atoms with van der Waals surface area (Å²) in [6, 6.07) is 0. The van der Waals surface area contributed by atoms with E-state index in [0.717, 1.165) is 0 Å². The smallest absolute Gasteiger partial charge is 0.313 e. The van der Waals surface area contributed by atoms with E-state index in [1.54, 1.807) is 0 Å². The van der Waals surface area contributed by atoms with Crippen LogP contribution >= 0.6 is 0 Å². The van der Waals surface area contributed by atoms with Gasteiger partial charge in [0.2, 0.25) is 0 Å². The second-order valence-electron chi connectivity index (χ2n) is 1.90. The Morgan fingerprint density at radius 2 is 2.10 bits per heavy atom. The average molecular weight is 144 g/mol. The van der Waals surface area contributed by atoms with E-state index in [1.165, 1.54) is 6.92 Å². The van der Waals surface area contributed by atoms with Crippen LogP contribution in [0.25, 0.3) is 0 Å². The molecule has 0 radical (unpaired) electrons. The van der Waals surface area contributed by atoms with Crippen molar-refractivity contribution >= 4 is 18.0 Å². The quantitative estimate of drug-likeness (QED) is 0.440. The van der Waals surface area contributed by atoms with Gasteiger partial charge >= 0.3 is 5.97 Å². The van der Waals surface area contributed by atoms with E-state index in [9.17, 15) is 14.4 Å². The average Bonchev–Trinajstić information content (AvgIpc) is 1.87. The van der Waals surface area contributed by atoms with E-state index >= 15 is 0 Å². The van der Waals surface area contributed by atoms with Crippen LogP contribution in [0.4, 0.5) is 0 Å². The van der Waals surface area contributed by atoms with Crippen molar-refractivity contribution in [2.24, 2.45) is 5.92 Å². The molecule has 4 nitrogen and oxygen atoms in total. The van der Waals surface area contributed by atoms with Crippen LogP contribution in [0.2, 0.25) is 0 Å². The highest BCUT2D eigenvalue weighted by atomic mass is 16.4. The van der Waals surface area contributed by atoms with E-state index in [4.69, 9.17) is 5.11 Å². The molecule has 0 aliphatic carbocycles. The molecule has 0 saturated heterocycles. The maximum Gasteiger partial charge on any atom is 0.313 e. The molecule has 0 aromatic heterocycles. The Kier molecular flexibility index (Phi) is 3.32. The predicted molar refractivity (Wildman–Crippen MR) is 32.5 cm³/mol. The number of carboxylic acid groups (broad SMARTS) is 1. The van der Waals surface area contributed by atoms with Crippen molar-refractivity contribution in [3.05, 3.63) is 0 Å². The van der Waals surface area contributed by atoms with Gasteiger partial charge in [0.1, 0.15) is 12.2 Å². The van der Waals surface area contributed by atoms with Crippen molar-refractivity contribution in [2.45, 2.75) is 13.3 Å². The van der Waals surface area contributed by atoms with Crippen LogP contribution in [-0.2, 0) is 14.4 Å². The lowest BCUT2D eigenvalue weighted by atomic mass is 10.1. The van der Waals surface area contributed by atoms with Crippen molar-refractivity contribution in [3.63, 3.8) is 0 Å². The summed E-state index contributed by atoms with van der Waals surface area (Å²) in [6.45, 7) is 1.26. The summed E-state index contributed by atoms with van der Waals surface area (Å²) < 4.78 is 0. The minimum Gasteiger partial charge on any atom is -0.481 e. The number of hydrogen-bond acceptors (Lipinski definition) is 3. The SMILES string of the molecule is CC(C(=O)O)C(=O)CC=O. The first-order valence-electron chi connectivity index (χ1n) is 2.78. The first-order chi connectivity index (χ1) is 4.59. The number of ketones is 1. The van der Waals surface area contributed by atoms with Crippen molar-refractivity contribution in [1.82, 2.24) is 0 Å². The van der Waals surface area contributed by atoms with Crippen LogP contribution in [0.1, 0.15) is 13.3 Å². The van der Waals surface area contributed by atoms with Gasteiger partial charge in [0.25, 0.3) is 0 Å². The fraction of sp³-hybridized carbons (Fsp3) is 0.500. The first kappa shape index (κ1) is 8.81. The summed E-state index contributed by atoms with van der Waals surface area (Å²) in [7, 11) is 0. The largest absolute Gasteiger partial charge is 0.481 e. The van der Waals surface area contributed by atoms with Gasteiger partial charge in [-0.05, 0) is 6.92 Å². The van der Waals surface area contributed by atoms with E-state index in [-0.39, 0.29) is 6.42 Å². The molecule has 0 aromatic carbocycles. The normalized spacial score (nSPS) is 12.1. The fourth-order valence-corrected chi connectivity index (χ4v) is 0.397. The van der Waals surface area contributed by atoms with E-state index in [0.29, 0.717) is 6.29 Å². The third-order valence-electron chi connectivity index (χ3n) is 1.14. The number of rotatable bonds is 4. The van der Waals surface area contributed by atoms with Gasteiger partial charge in [-0.1, -0.05) is 0 Å². The molecule has 0 spiro atoms. The highest BCUT2D eigenvalue weighted by molar-refractivity contribution is 6.02. The lowest BCUT2D eigenvalue weighted by molar-refractivity contribution is -0.145. The van der Waals surface area contributed by atoms with E-state index in [1.807, 2.05) is 0 Å². The van der Waals surface area contributed by atoms with Gasteiger partial charge in [-0.2, -0.15) is 0 Å². The maximum absolute atomic E-state index is 10.6. The number of aliphatic carboxylic acids is 1. The van der Waals surface area contributed by atoms with Crippen molar-refractivity contribution in [1.29, 1.82) is 0 Å². The van der Waals surface area contributed by atoms with Gasteiger partial charge in [-0.25, -0.2) is 0 Å². The highest BCUT2D eigenvalue weighted by Crippen LogP contribution is 1.98. The second kappa shape index (κ2) is 3.76. The van der Waals surface area contributed by atoms with Gasteiger partial charge < -0.3 is 9.90 Å². The Morgan fingerprint density at radius 1 is 1.60 bits per heavy atom. The van der Waals surface area contributed by atoms with Crippen LogP contribution in [0.5, 0.6) is 0 Å². The van der Waals surface area contributed by atoms with Crippen LogP contribution in [0.3, 0.4) is 0 Å². The zero-order chi connectivity index (χ0) is 8.15. The van der Waals surface area contributed by atoms with Crippen molar-refractivity contribution < 1.29 is 19.5 Å². The molecule has 10 heavy (non-hydrogen) atoms. The standard InChI is InChI=1S/C6H8O4/c1-4(6(9)10)5(8)2-3-7/h3-4H,2H2,1H3,(H,9,10). The summed E-state index contributed by atoms with van der Waals surface area (Å²) in [4.78, 5) is 30.4. The van der Waals surface area contributed by atoms with Gasteiger partial charge in [-0.15, -0.1) is 0 Å². The number of aldehydes is 1. The number of carboxylic acids is 1.